The van der Waals surface area contributed by atoms with Crippen molar-refractivity contribution >= 4 is 5.78 Å². The van der Waals surface area contributed by atoms with Crippen LogP contribution in [0.1, 0.15) is 33.1 Å². The fraction of sp³-hybridized carbons (Fsp3) is 0.160. The summed E-state index contributed by atoms with van der Waals surface area (Å²) in [5.41, 5.74) is 4.95. The van der Waals surface area contributed by atoms with Gasteiger partial charge in [-0.1, -0.05) is 29.4 Å². The Bertz CT molecular complexity index is 1270. The number of Topliss-reactive ketones (excluding diaryl/α,β-unsaturated/α-hetero) is 1. The van der Waals surface area contributed by atoms with E-state index in [0.717, 1.165) is 22.5 Å². The van der Waals surface area contributed by atoms with Crippen LogP contribution in [0, 0.1) is 32.1 Å². The molecule has 2 aromatic carbocycles. The topological polar surface area (TPSA) is 81.0 Å². The maximum absolute atomic E-state index is 12.8. The van der Waals surface area contributed by atoms with Crippen LogP contribution in [-0.2, 0) is 0 Å². The molecule has 0 saturated heterocycles. The summed E-state index contributed by atoms with van der Waals surface area (Å²) in [7, 11) is 0. The van der Waals surface area contributed by atoms with Gasteiger partial charge in [-0.25, -0.2) is 0 Å². The second kappa shape index (κ2) is 8.33. The first-order valence-electron chi connectivity index (χ1n) is 9.85. The van der Waals surface area contributed by atoms with Gasteiger partial charge in [0.05, 0.1) is 11.6 Å². The Balaban J connectivity index is 1.45. The molecule has 0 N–H and O–H groups in total. The van der Waals surface area contributed by atoms with E-state index in [-0.39, 0.29) is 12.4 Å². The van der Waals surface area contributed by atoms with Gasteiger partial charge in [0.2, 0.25) is 5.78 Å². The first kappa shape index (κ1) is 20.2. The predicted molar refractivity (Wildman–Crippen MR) is 116 cm³/mol. The number of benzene rings is 2. The van der Waals surface area contributed by atoms with Crippen molar-refractivity contribution in [2.24, 2.45) is 0 Å². The molecule has 0 unspecified atom stereocenters. The van der Waals surface area contributed by atoms with Crippen molar-refractivity contribution in [3.63, 3.8) is 0 Å². The van der Waals surface area contributed by atoms with Gasteiger partial charge in [-0.15, -0.1) is 0 Å². The molecule has 2 heterocycles. The van der Waals surface area contributed by atoms with Crippen molar-refractivity contribution in [2.45, 2.75) is 20.8 Å². The third-order valence-electron chi connectivity index (χ3n) is 5.15. The number of nitriles is 1. The monoisotopic (exact) mass is 411 g/mol. The van der Waals surface area contributed by atoms with Gasteiger partial charge in [0.15, 0.2) is 12.4 Å². The molecule has 0 amide bonds. The van der Waals surface area contributed by atoms with E-state index in [0.29, 0.717) is 28.5 Å². The zero-order valence-electron chi connectivity index (χ0n) is 17.5. The fourth-order valence-electron chi connectivity index (χ4n) is 3.56. The first-order chi connectivity index (χ1) is 15.0. The molecule has 0 radical (unpaired) electrons. The van der Waals surface area contributed by atoms with Crippen LogP contribution in [0.3, 0.4) is 0 Å². The number of aryl methyl sites for hydroxylation is 2. The molecule has 0 aliphatic rings. The Kier molecular flexibility index (Phi) is 5.42. The van der Waals surface area contributed by atoms with Crippen molar-refractivity contribution in [3.8, 4) is 28.8 Å². The maximum Gasteiger partial charge on any atom is 0.202 e. The van der Waals surface area contributed by atoms with Crippen molar-refractivity contribution in [1.82, 2.24) is 9.72 Å². The smallest absolute Gasteiger partial charge is 0.202 e. The molecule has 2 aromatic heterocycles. The van der Waals surface area contributed by atoms with Gasteiger partial charge in [-0.05, 0) is 62.2 Å². The summed E-state index contributed by atoms with van der Waals surface area (Å²) < 4.78 is 12.8. The number of ether oxygens (including phenoxy) is 1. The van der Waals surface area contributed by atoms with E-state index in [1.165, 1.54) is 0 Å². The highest BCUT2D eigenvalue weighted by molar-refractivity contribution is 5.98. The van der Waals surface area contributed by atoms with Gasteiger partial charge < -0.3 is 9.26 Å². The number of carbonyl (C=O) groups is 1. The number of carbonyl (C=O) groups excluding carboxylic acids is 1. The van der Waals surface area contributed by atoms with Gasteiger partial charge in [0.25, 0.3) is 0 Å². The molecule has 0 atom stereocenters. The minimum Gasteiger partial charge on any atom is -0.485 e. The number of hydrogen-bond donors (Lipinski definition) is 0. The summed E-state index contributed by atoms with van der Waals surface area (Å²) in [5.74, 6) is 1.89. The van der Waals surface area contributed by atoms with E-state index < -0.39 is 0 Å². The molecular weight excluding hydrogens is 390 g/mol. The van der Waals surface area contributed by atoms with Crippen LogP contribution >= 0.6 is 0 Å². The Hall–Kier alpha value is -4.11. The lowest BCUT2D eigenvalue weighted by atomic mass is 10.0. The number of hydrogen-bond acceptors (Lipinski definition) is 5. The molecule has 0 fully saturated rings. The van der Waals surface area contributed by atoms with Crippen molar-refractivity contribution in [2.75, 3.05) is 6.61 Å². The highest BCUT2D eigenvalue weighted by Gasteiger charge is 2.19. The molecule has 6 nitrogen and oxygen atoms in total. The third-order valence-corrected chi connectivity index (χ3v) is 5.15. The lowest BCUT2D eigenvalue weighted by molar-refractivity contribution is 0.0921. The van der Waals surface area contributed by atoms with E-state index >= 15 is 0 Å². The van der Waals surface area contributed by atoms with Crippen LogP contribution < -0.4 is 4.74 Å². The quantitative estimate of drug-likeness (QED) is 0.408. The van der Waals surface area contributed by atoms with Crippen LogP contribution in [-0.4, -0.2) is 22.1 Å². The van der Waals surface area contributed by atoms with Crippen molar-refractivity contribution < 1.29 is 14.1 Å². The Morgan fingerprint density at radius 2 is 1.68 bits per heavy atom. The van der Waals surface area contributed by atoms with E-state index in [2.05, 4.69) is 11.2 Å². The highest BCUT2D eigenvalue weighted by Crippen LogP contribution is 2.24. The number of rotatable bonds is 6. The largest absolute Gasteiger partial charge is 0.485 e. The van der Waals surface area contributed by atoms with Gasteiger partial charge in [-0.3, -0.25) is 9.36 Å². The SMILES string of the molecule is Cc1cc(-n2c(C)cc(C(=O)COc3ccc(-c4ccc(C#N)cc4)cc3)c2C)no1. The van der Waals surface area contributed by atoms with Crippen LogP contribution in [0.5, 0.6) is 5.75 Å². The van der Waals surface area contributed by atoms with E-state index in [9.17, 15) is 4.79 Å². The molecule has 4 rings (SSSR count). The van der Waals surface area contributed by atoms with Crippen molar-refractivity contribution in [1.29, 1.82) is 5.26 Å². The zero-order chi connectivity index (χ0) is 22.0. The molecule has 31 heavy (non-hydrogen) atoms. The van der Waals surface area contributed by atoms with Gasteiger partial charge in [0, 0.05) is 23.0 Å². The number of nitrogens with zero attached hydrogens (tertiary/aromatic N) is 3. The maximum atomic E-state index is 12.8. The summed E-state index contributed by atoms with van der Waals surface area (Å²) in [4.78, 5) is 12.8. The summed E-state index contributed by atoms with van der Waals surface area (Å²) in [6.07, 6.45) is 0. The average molecular weight is 411 g/mol. The Morgan fingerprint density at radius 3 is 2.26 bits per heavy atom. The number of aromatic nitrogens is 2. The Labute approximate surface area is 180 Å². The van der Waals surface area contributed by atoms with Crippen LogP contribution in [0.2, 0.25) is 0 Å². The molecule has 0 aliphatic heterocycles. The second-order valence-electron chi connectivity index (χ2n) is 7.34. The van der Waals surface area contributed by atoms with Gasteiger partial charge in [-0.2, -0.15) is 5.26 Å². The van der Waals surface area contributed by atoms with Gasteiger partial charge >= 0.3 is 0 Å². The van der Waals surface area contributed by atoms with Gasteiger partial charge in [0.1, 0.15) is 11.5 Å². The summed E-state index contributed by atoms with van der Waals surface area (Å²) in [6, 6.07) is 20.7. The molecule has 0 aliphatic carbocycles. The van der Waals surface area contributed by atoms with Crippen LogP contribution in [0.25, 0.3) is 16.9 Å². The molecule has 154 valence electrons. The Morgan fingerprint density at radius 1 is 1.03 bits per heavy atom. The average Bonchev–Trinajstić information content (AvgIpc) is 3.34. The standard InChI is InChI=1S/C25H21N3O3/c1-16-12-23(18(3)28(16)25-13-17(2)31-27-25)24(29)15-30-22-10-8-21(9-11-22)20-6-4-19(14-26)5-7-20/h4-13H,15H2,1-3H3. The van der Waals surface area contributed by atoms with E-state index in [1.807, 2.05) is 73.9 Å². The zero-order valence-corrected chi connectivity index (χ0v) is 17.5. The van der Waals surface area contributed by atoms with Crippen LogP contribution in [0.4, 0.5) is 0 Å². The molecule has 4 aromatic rings. The fourth-order valence-corrected chi connectivity index (χ4v) is 3.56. The van der Waals surface area contributed by atoms with Crippen molar-refractivity contribution in [3.05, 3.63) is 88.9 Å². The third kappa shape index (κ3) is 4.12. The lowest BCUT2D eigenvalue weighted by Gasteiger charge is -2.08. The minimum atomic E-state index is -0.101. The summed E-state index contributed by atoms with van der Waals surface area (Å²) in [5, 5.41) is 13.0. The molecule has 0 saturated carbocycles. The summed E-state index contributed by atoms with van der Waals surface area (Å²) >= 11 is 0. The molecule has 6 heteroatoms. The molecule has 0 spiro atoms. The highest BCUT2D eigenvalue weighted by atomic mass is 16.5. The van der Waals surface area contributed by atoms with E-state index in [1.54, 1.807) is 12.1 Å². The lowest BCUT2D eigenvalue weighted by Crippen LogP contribution is -2.12. The molecule has 0 bridgehead atoms. The summed E-state index contributed by atoms with van der Waals surface area (Å²) in [6.45, 7) is 5.59. The van der Waals surface area contributed by atoms with Crippen LogP contribution in [0.15, 0.2) is 65.2 Å². The normalized spacial score (nSPS) is 10.6. The predicted octanol–water partition coefficient (Wildman–Crippen LogP) is 5.19. The number of ketones is 1. The second-order valence-corrected chi connectivity index (χ2v) is 7.34. The molecular formula is C25H21N3O3. The first-order valence-corrected chi connectivity index (χ1v) is 9.85. The van der Waals surface area contributed by atoms with E-state index in [4.69, 9.17) is 14.5 Å². The minimum absolute atomic E-state index is 0.0572.